The number of aromatic nitrogens is 1. The summed E-state index contributed by atoms with van der Waals surface area (Å²) in [5.74, 6) is 0.228. The Labute approximate surface area is 160 Å². The first-order valence-corrected chi connectivity index (χ1v) is 8.94. The molecule has 0 amide bonds. The van der Waals surface area contributed by atoms with E-state index >= 15 is 0 Å². The molecule has 0 radical (unpaired) electrons. The average molecular weight is 372 g/mol. The minimum absolute atomic E-state index is 0.228. The van der Waals surface area contributed by atoms with Crippen molar-refractivity contribution in [3.8, 4) is 28.1 Å². The quantitative estimate of drug-likeness (QED) is 0.376. The van der Waals surface area contributed by atoms with E-state index in [4.69, 9.17) is 21.0 Å². The minimum Gasteiger partial charge on any atom is -0.508 e. The maximum absolute atomic E-state index is 9.59. The molecule has 0 fully saturated rings. The van der Waals surface area contributed by atoms with Gasteiger partial charge in [-0.2, -0.15) is 0 Å². The molecule has 0 atom stereocenters. The number of aromatic hydroxyl groups is 1. The van der Waals surface area contributed by atoms with Crippen molar-refractivity contribution in [2.24, 2.45) is 0 Å². The van der Waals surface area contributed by atoms with Crippen LogP contribution < -0.4 is 0 Å². The van der Waals surface area contributed by atoms with Gasteiger partial charge < -0.3 is 9.52 Å². The van der Waals surface area contributed by atoms with Crippen LogP contribution in [0.3, 0.4) is 0 Å². The van der Waals surface area contributed by atoms with Gasteiger partial charge in [-0.3, -0.25) is 0 Å². The van der Waals surface area contributed by atoms with E-state index in [1.54, 1.807) is 12.1 Å². The van der Waals surface area contributed by atoms with Gasteiger partial charge in [0.25, 0.3) is 0 Å². The highest BCUT2D eigenvalue weighted by Crippen LogP contribution is 2.37. The summed E-state index contributed by atoms with van der Waals surface area (Å²) < 4.78 is 6.14. The summed E-state index contributed by atoms with van der Waals surface area (Å²) >= 11 is 6.06. The first-order valence-electron chi connectivity index (χ1n) is 8.57. The second kappa shape index (κ2) is 6.15. The molecule has 1 N–H and O–H groups in total. The van der Waals surface area contributed by atoms with E-state index in [2.05, 4.69) is 0 Å². The Hall–Kier alpha value is -3.30. The van der Waals surface area contributed by atoms with Crippen LogP contribution in [0.25, 0.3) is 44.5 Å². The molecule has 0 bridgehead atoms. The largest absolute Gasteiger partial charge is 0.508 e. The molecule has 0 unspecified atom stereocenters. The molecule has 4 heteroatoms. The summed E-state index contributed by atoms with van der Waals surface area (Å²) in [4.78, 5) is 4.87. The van der Waals surface area contributed by atoms with Crippen LogP contribution in [0.4, 0.5) is 0 Å². The molecule has 3 nitrogen and oxygen atoms in total. The van der Waals surface area contributed by atoms with Gasteiger partial charge in [0.1, 0.15) is 16.8 Å². The highest BCUT2D eigenvalue weighted by atomic mass is 35.5. The molecule has 27 heavy (non-hydrogen) atoms. The lowest BCUT2D eigenvalue weighted by molar-refractivity contribution is 0.475. The number of phenols is 1. The third kappa shape index (κ3) is 2.73. The molecule has 2 heterocycles. The van der Waals surface area contributed by atoms with Gasteiger partial charge in [-0.15, -0.1) is 0 Å². The summed E-state index contributed by atoms with van der Waals surface area (Å²) in [6, 6.07) is 24.6. The van der Waals surface area contributed by atoms with Crippen molar-refractivity contribution in [3.05, 3.63) is 83.9 Å². The number of nitrogens with zero attached hydrogens (tertiary/aromatic N) is 1. The van der Waals surface area contributed by atoms with E-state index in [0.29, 0.717) is 5.02 Å². The molecule has 0 aliphatic carbocycles. The van der Waals surface area contributed by atoms with E-state index in [-0.39, 0.29) is 5.75 Å². The second-order valence-electron chi connectivity index (χ2n) is 6.38. The van der Waals surface area contributed by atoms with Crippen molar-refractivity contribution in [2.75, 3.05) is 0 Å². The number of hydrogen-bond donors (Lipinski definition) is 1. The Bertz CT molecular complexity index is 1270. The zero-order chi connectivity index (χ0) is 18.4. The Balaban J connectivity index is 1.85. The van der Waals surface area contributed by atoms with Gasteiger partial charge in [-0.25, -0.2) is 4.98 Å². The maximum atomic E-state index is 9.59. The molecule has 2 aromatic heterocycles. The van der Waals surface area contributed by atoms with Crippen molar-refractivity contribution in [1.82, 2.24) is 4.98 Å². The lowest BCUT2D eigenvalue weighted by Gasteiger charge is -2.07. The maximum Gasteiger partial charge on any atom is 0.161 e. The van der Waals surface area contributed by atoms with Crippen molar-refractivity contribution in [2.45, 2.75) is 0 Å². The fourth-order valence-electron chi connectivity index (χ4n) is 3.30. The molecule has 5 aromatic rings. The summed E-state index contributed by atoms with van der Waals surface area (Å²) in [7, 11) is 0. The fourth-order valence-corrected chi connectivity index (χ4v) is 3.43. The first kappa shape index (κ1) is 15.9. The molecular formula is C23H14ClNO2. The normalized spacial score (nSPS) is 11.3. The van der Waals surface area contributed by atoms with Crippen LogP contribution in [0.15, 0.2) is 83.3 Å². The van der Waals surface area contributed by atoms with E-state index in [1.807, 2.05) is 66.7 Å². The molecule has 5 rings (SSSR count). The van der Waals surface area contributed by atoms with Crippen molar-refractivity contribution in [3.63, 3.8) is 0 Å². The Morgan fingerprint density at radius 2 is 1.52 bits per heavy atom. The number of benzene rings is 3. The van der Waals surface area contributed by atoms with Gasteiger partial charge in [-0.1, -0.05) is 35.9 Å². The number of para-hydroxylation sites is 1. The number of phenolic OH excluding ortho intramolecular Hbond substituents is 1. The monoisotopic (exact) mass is 371 g/mol. The van der Waals surface area contributed by atoms with E-state index < -0.39 is 0 Å². The summed E-state index contributed by atoms with van der Waals surface area (Å²) in [6.07, 6.45) is 0. The van der Waals surface area contributed by atoms with Crippen LogP contribution in [0.1, 0.15) is 0 Å². The number of halogens is 1. The minimum atomic E-state index is 0.228. The Kier molecular flexibility index (Phi) is 3.62. The van der Waals surface area contributed by atoms with Gasteiger partial charge in [0.05, 0.1) is 5.69 Å². The summed E-state index contributed by atoms with van der Waals surface area (Å²) in [5.41, 5.74) is 6.08. The molecular weight excluding hydrogens is 358 g/mol. The molecule has 0 saturated carbocycles. The van der Waals surface area contributed by atoms with Crippen LogP contribution in [0.2, 0.25) is 5.02 Å². The fraction of sp³-hybridized carbons (Fsp3) is 0. The highest BCUT2D eigenvalue weighted by molar-refractivity contribution is 6.30. The van der Waals surface area contributed by atoms with Gasteiger partial charge in [0.15, 0.2) is 5.58 Å². The smallest absolute Gasteiger partial charge is 0.161 e. The SMILES string of the molecule is Oc1ccc(-c2cc(-c3ccc(Cl)cc3)c3oc4ccccc4c3n2)cc1. The van der Waals surface area contributed by atoms with Crippen molar-refractivity contribution < 1.29 is 9.52 Å². The molecule has 3 aromatic carbocycles. The van der Waals surface area contributed by atoms with Gasteiger partial charge in [-0.05, 0) is 60.2 Å². The standard InChI is InChI=1S/C23H14ClNO2/c24-16-9-5-14(6-10-16)19-13-20(15-7-11-17(26)12-8-15)25-22-18-3-1-2-4-21(18)27-23(19)22/h1-13,26H. The van der Waals surface area contributed by atoms with Crippen LogP contribution in [0, 0.1) is 0 Å². The van der Waals surface area contributed by atoms with Crippen LogP contribution in [-0.2, 0) is 0 Å². The number of hydrogen-bond acceptors (Lipinski definition) is 3. The van der Waals surface area contributed by atoms with Crippen LogP contribution >= 0.6 is 11.6 Å². The van der Waals surface area contributed by atoms with Gasteiger partial charge in [0, 0.05) is 21.5 Å². The van der Waals surface area contributed by atoms with Crippen molar-refractivity contribution in [1.29, 1.82) is 0 Å². The van der Waals surface area contributed by atoms with Crippen LogP contribution in [0.5, 0.6) is 5.75 Å². The van der Waals surface area contributed by atoms with E-state index in [1.165, 1.54) is 0 Å². The van der Waals surface area contributed by atoms with Gasteiger partial charge in [0.2, 0.25) is 0 Å². The average Bonchev–Trinajstić information content (AvgIpc) is 3.07. The van der Waals surface area contributed by atoms with Gasteiger partial charge >= 0.3 is 0 Å². The molecule has 0 saturated heterocycles. The van der Waals surface area contributed by atoms with E-state index in [9.17, 15) is 5.11 Å². The Morgan fingerprint density at radius 3 is 2.30 bits per heavy atom. The zero-order valence-electron chi connectivity index (χ0n) is 14.2. The van der Waals surface area contributed by atoms with E-state index in [0.717, 1.165) is 44.5 Å². The third-order valence-electron chi connectivity index (χ3n) is 4.65. The van der Waals surface area contributed by atoms with Crippen LogP contribution in [-0.4, -0.2) is 10.1 Å². The highest BCUT2D eigenvalue weighted by Gasteiger charge is 2.16. The predicted molar refractivity (Wildman–Crippen MR) is 109 cm³/mol. The lowest BCUT2D eigenvalue weighted by atomic mass is 10.0. The Morgan fingerprint density at radius 1 is 0.815 bits per heavy atom. The molecule has 130 valence electrons. The first-order chi connectivity index (χ1) is 13.2. The summed E-state index contributed by atoms with van der Waals surface area (Å²) in [5, 5.41) is 11.3. The number of furan rings is 1. The molecule has 0 aliphatic rings. The van der Waals surface area contributed by atoms with Crippen molar-refractivity contribution >= 4 is 33.7 Å². The number of pyridine rings is 1. The number of rotatable bonds is 2. The zero-order valence-corrected chi connectivity index (χ0v) is 14.9. The molecule has 0 aliphatic heterocycles. The predicted octanol–water partition coefficient (Wildman–Crippen LogP) is 6.67. The molecule has 0 spiro atoms. The third-order valence-corrected chi connectivity index (χ3v) is 4.90. The number of fused-ring (bicyclic) bond motifs is 3. The summed E-state index contributed by atoms with van der Waals surface area (Å²) in [6.45, 7) is 0. The lowest BCUT2D eigenvalue weighted by Crippen LogP contribution is -1.88. The topological polar surface area (TPSA) is 46.3 Å². The second-order valence-corrected chi connectivity index (χ2v) is 6.82.